The molecule has 212 valence electrons. The molecule has 0 unspecified atom stereocenters. The van der Waals surface area contributed by atoms with Gasteiger partial charge in [0.2, 0.25) is 0 Å². The number of nitrogens with zero attached hydrogens (tertiary/aromatic N) is 3. The molecule has 5 rings (SSSR count). The maximum Gasteiger partial charge on any atom is 0.586 e. The summed E-state index contributed by atoms with van der Waals surface area (Å²) in [4.78, 5) is 12.9. The summed E-state index contributed by atoms with van der Waals surface area (Å²) in [5, 5.41) is 13.0. The first-order valence-corrected chi connectivity index (χ1v) is 12.4. The highest BCUT2D eigenvalue weighted by Gasteiger charge is 2.43. The highest BCUT2D eigenvalue weighted by atomic mass is 19.4. The zero-order valence-corrected chi connectivity index (χ0v) is 21.0. The molecule has 0 radical (unpaired) electrons. The topological polar surface area (TPSA) is 86.0 Å². The number of alkyl halides is 5. The molecular formula is C27H24F5N3O5. The van der Waals surface area contributed by atoms with E-state index < -0.39 is 24.1 Å². The summed E-state index contributed by atoms with van der Waals surface area (Å²) in [6, 6.07) is 10.6. The third kappa shape index (κ3) is 5.68. The van der Waals surface area contributed by atoms with Crippen LogP contribution in [0, 0.1) is 0 Å². The summed E-state index contributed by atoms with van der Waals surface area (Å²) in [5.41, 5.74) is -0.0144. The molecule has 2 aromatic carbocycles. The first-order chi connectivity index (χ1) is 18.9. The largest absolute Gasteiger partial charge is 0.586 e. The summed E-state index contributed by atoms with van der Waals surface area (Å²) < 4.78 is 84.3. The fourth-order valence-corrected chi connectivity index (χ4v) is 4.72. The molecule has 2 aliphatic heterocycles. The highest BCUT2D eigenvalue weighted by molar-refractivity contribution is 5.85. The molecule has 0 saturated carbocycles. The second kappa shape index (κ2) is 10.4. The predicted octanol–water partition coefficient (Wildman–Crippen LogP) is 5.97. The number of carboxylic acids is 1. The van der Waals surface area contributed by atoms with E-state index in [0.717, 1.165) is 0 Å². The Bertz CT molecular complexity index is 1450. The molecular weight excluding hydrogens is 541 g/mol. The molecule has 3 heterocycles. The number of hydrogen-bond acceptors (Lipinski definition) is 6. The lowest BCUT2D eigenvalue weighted by Gasteiger charge is -2.30. The van der Waals surface area contributed by atoms with Crippen LogP contribution < -0.4 is 19.1 Å². The number of carboxylic acid groups (broad SMARTS) is 1. The fourth-order valence-electron chi connectivity index (χ4n) is 4.72. The van der Waals surface area contributed by atoms with Gasteiger partial charge in [-0.25, -0.2) is 9.48 Å². The van der Waals surface area contributed by atoms with Crippen LogP contribution in [0.15, 0.2) is 54.6 Å². The zero-order valence-electron chi connectivity index (χ0n) is 21.0. The van der Waals surface area contributed by atoms with E-state index in [4.69, 9.17) is 9.84 Å². The van der Waals surface area contributed by atoms with Gasteiger partial charge in [-0.2, -0.15) is 18.3 Å². The Hall–Kier alpha value is -4.29. The molecule has 40 heavy (non-hydrogen) atoms. The normalized spacial score (nSPS) is 15.6. The van der Waals surface area contributed by atoms with E-state index in [9.17, 15) is 26.7 Å². The van der Waals surface area contributed by atoms with Crippen LogP contribution in [0.25, 0.3) is 5.69 Å². The van der Waals surface area contributed by atoms with Gasteiger partial charge in [-0.3, -0.25) is 0 Å². The smallest absolute Gasteiger partial charge is 0.489 e. The molecule has 13 heteroatoms. The molecule has 0 aliphatic carbocycles. The van der Waals surface area contributed by atoms with E-state index in [1.54, 1.807) is 23.1 Å². The van der Waals surface area contributed by atoms with Crippen molar-refractivity contribution in [2.75, 3.05) is 18.0 Å². The van der Waals surface area contributed by atoms with Crippen LogP contribution in [0.1, 0.15) is 36.1 Å². The number of anilines is 1. The molecule has 1 aromatic heterocycles. The zero-order chi connectivity index (χ0) is 28.7. The minimum Gasteiger partial charge on any atom is -0.489 e. The van der Waals surface area contributed by atoms with E-state index in [0.29, 0.717) is 48.7 Å². The number of ether oxygens (including phenoxy) is 3. The van der Waals surface area contributed by atoms with Crippen LogP contribution in [0.4, 0.5) is 27.8 Å². The molecule has 0 amide bonds. The Morgan fingerprint density at radius 2 is 1.93 bits per heavy atom. The third-order valence-electron chi connectivity index (χ3n) is 6.52. The Kier molecular flexibility index (Phi) is 7.06. The number of fused-ring (bicyclic) bond motifs is 2. The first kappa shape index (κ1) is 27.3. The monoisotopic (exact) mass is 565 g/mol. The second-order valence-corrected chi connectivity index (χ2v) is 9.40. The number of hydrogen-bond donors (Lipinski definition) is 1. The van der Waals surface area contributed by atoms with Crippen molar-refractivity contribution in [3.63, 3.8) is 0 Å². The number of aliphatic carboxylic acids is 1. The van der Waals surface area contributed by atoms with Crippen LogP contribution in [0.3, 0.4) is 0 Å². The highest BCUT2D eigenvalue weighted by Crippen LogP contribution is 2.42. The lowest BCUT2D eigenvalue weighted by molar-refractivity contribution is -0.286. The van der Waals surface area contributed by atoms with Crippen LogP contribution in [0.5, 0.6) is 17.2 Å². The van der Waals surface area contributed by atoms with E-state index in [1.165, 1.54) is 28.9 Å². The number of halogens is 5. The van der Waals surface area contributed by atoms with Crippen LogP contribution in [0.2, 0.25) is 0 Å². The minimum absolute atomic E-state index is 0.0303. The van der Waals surface area contributed by atoms with E-state index in [1.807, 2.05) is 0 Å². The summed E-state index contributed by atoms with van der Waals surface area (Å²) >= 11 is 0. The molecule has 3 aromatic rings. The van der Waals surface area contributed by atoms with Crippen LogP contribution in [-0.4, -0.2) is 40.2 Å². The van der Waals surface area contributed by atoms with Gasteiger partial charge in [0.15, 0.2) is 17.2 Å². The number of aromatic nitrogens is 2. The van der Waals surface area contributed by atoms with Gasteiger partial charge in [-0.15, -0.1) is 8.78 Å². The Morgan fingerprint density at radius 3 is 2.67 bits per heavy atom. The number of carbonyl (C=O) groups is 1. The van der Waals surface area contributed by atoms with Crippen molar-refractivity contribution in [3.05, 3.63) is 71.4 Å². The quantitative estimate of drug-likeness (QED) is 0.253. The second-order valence-electron chi connectivity index (χ2n) is 9.40. The van der Waals surface area contributed by atoms with Crippen molar-refractivity contribution in [2.24, 2.45) is 0 Å². The molecule has 0 saturated heterocycles. The average molecular weight is 565 g/mol. The number of rotatable bonds is 9. The third-order valence-corrected chi connectivity index (χ3v) is 6.52. The summed E-state index contributed by atoms with van der Waals surface area (Å²) in [6.07, 6.45) is -7.13. The molecule has 0 atom stereocenters. The van der Waals surface area contributed by atoms with Gasteiger partial charge in [0.1, 0.15) is 18.2 Å². The van der Waals surface area contributed by atoms with E-state index in [2.05, 4.69) is 21.2 Å². The molecule has 0 bridgehead atoms. The summed E-state index contributed by atoms with van der Waals surface area (Å²) in [6.45, 7) is 4.28. The van der Waals surface area contributed by atoms with Gasteiger partial charge in [-0.1, -0.05) is 18.7 Å². The predicted molar refractivity (Wildman–Crippen MR) is 132 cm³/mol. The molecule has 2 aliphatic rings. The maximum absolute atomic E-state index is 13.9. The van der Waals surface area contributed by atoms with Crippen molar-refractivity contribution >= 4 is 11.8 Å². The standard InChI is InChI=1S/C27H24F5N3O5/c1-16(25(36)37)5-3-11-34-12-4-8-20-23(26(28,29)30)33-35(24(20)34)18-6-2-7-19(14-18)38-15-17-9-10-21-22(13-17)40-27(31,32)39-21/h2,6-7,9-10,13-14H,1,3-5,8,11-12,15H2,(H,36,37). The van der Waals surface area contributed by atoms with Gasteiger partial charge < -0.3 is 24.2 Å². The van der Waals surface area contributed by atoms with Gasteiger partial charge in [0, 0.05) is 30.3 Å². The van der Waals surface area contributed by atoms with Gasteiger partial charge in [-0.05, 0) is 55.5 Å². The van der Waals surface area contributed by atoms with Crippen molar-refractivity contribution in [1.29, 1.82) is 0 Å². The first-order valence-electron chi connectivity index (χ1n) is 12.4. The lowest BCUT2D eigenvalue weighted by Crippen LogP contribution is -2.32. The lowest BCUT2D eigenvalue weighted by atomic mass is 10.0. The minimum atomic E-state index is -4.67. The van der Waals surface area contributed by atoms with Crippen LogP contribution >= 0.6 is 0 Å². The number of benzene rings is 2. The fraction of sp³-hybridized carbons (Fsp3) is 0.333. The Balaban J connectivity index is 1.39. The van der Waals surface area contributed by atoms with Gasteiger partial charge in [0.25, 0.3) is 0 Å². The van der Waals surface area contributed by atoms with Gasteiger partial charge >= 0.3 is 18.4 Å². The van der Waals surface area contributed by atoms with Gasteiger partial charge in [0.05, 0.1) is 5.69 Å². The SMILES string of the molecule is C=C(CCCN1CCCc2c(C(F)(F)F)nn(-c3cccc(OCc4ccc5c(c4)OC(F)(F)O5)c3)c21)C(=O)O. The maximum atomic E-state index is 13.9. The molecule has 0 spiro atoms. The van der Waals surface area contributed by atoms with Crippen molar-refractivity contribution in [3.8, 4) is 22.9 Å². The van der Waals surface area contributed by atoms with Crippen molar-refractivity contribution in [2.45, 2.75) is 44.8 Å². The van der Waals surface area contributed by atoms with Crippen LogP contribution in [-0.2, 0) is 24.0 Å². The Labute approximate surface area is 225 Å². The van der Waals surface area contributed by atoms with E-state index in [-0.39, 0.29) is 42.1 Å². The van der Waals surface area contributed by atoms with E-state index >= 15 is 0 Å². The molecule has 1 N–H and O–H groups in total. The summed E-state index contributed by atoms with van der Waals surface area (Å²) in [5.74, 6) is -0.725. The molecule has 8 nitrogen and oxygen atoms in total. The summed E-state index contributed by atoms with van der Waals surface area (Å²) in [7, 11) is 0. The van der Waals surface area contributed by atoms with Crippen molar-refractivity contribution in [1.82, 2.24) is 9.78 Å². The molecule has 0 fully saturated rings. The Morgan fingerprint density at radius 1 is 1.15 bits per heavy atom. The average Bonchev–Trinajstić information content (AvgIpc) is 3.44. The van der Waals surface area contributed by atoms with Crippen molar-refractivity contribution < 1.29 is 46.1 Å².